The first-order valence-corrected chi connectivity index (χ1v) is 9.74. The van der Waals surface area contributed by atoms with Crippen LogP contribution in [0.2, 0.25) is 0 Å². The Labute approximate surface area is 131 Å². The summed E-state index contributed by atoms with van der Waals surface area (Å²) < 4.78 is 27.4. The number of nitrogens with one attached hydrogen (secondary N) is 1. The first-order chi connectivity index (χ1) is 10.0. The molecule has 1 aromatic rings. The average molecular weight is 329 g/mol. The molecule has 21 heavy (non-hydrogen) atoms. The average Bonchev–Trinajstić information content (AvgIpc) is 3.18. The van der Waals surface area contributed by atoms with E-state index in [0.717, 1.165) is 16.9 Å². The third-order valence-electron chi connectivity index (χ3n) is 3.52. The lowest BCUT2D eigenvalue weighted by molar-refractivity contribution is 0.440. The lowest BCUT2D eigenvalue weighted by Crippen LogP contribution is -2.33. The van der Waals surface area contributed by atoms with Crippen molar-refractivity contribution in [3.05, 3.63) is 28.5 Å². The van der Waals surface area contributed by atoms with Gasteiger partial charge in [-0.1, -0.05) is 13.0 Å². The zero-order valence-electron chi connectivity index (χ0n) is 12.8. The highest BCUT2D eigenvalue weighted by molar-refractivity contribution is 7.89. The summed E-state index contributed by atoms with van der Waals surface area (Å²) in [5.74, 6) is 0. The molecule has 0 aliphatic heterocycles. The van der Waals surface area contributed by atoms with E-state index in [0.29, 0.717) is 30.6 Å². The molecular formula is C15H24N2O2S2. The molecule has 1 aromatic heterocycles. The van der Waals surface area contributed by atoms with E-state index in [4.69, 9.17) is 0 Å². The standard InChI is InChI=1S/C15H24N2O2S2/c1-4-8-17(9-5-2)21(18,19)15-12(3)11-20-14(15)10-16-13-6-7-13/h4,11,13,16H,1,5-10H2,2-3H3. The van der Waals surface area contributed by atoms with Crippen molar-refractivity contribution in [2.75, 3.05) is 13.1 Å². The minimum atomic E-state index is -3.44. The fourth-order valence-corrected chi connectivity index (χ4v) is 5.53. The van der Waals surface area contributed by atoms with Crippen LogP contribution in [0.4, 0.5) is 0 Å². The fourth-order valence-electron chi connectivity index (χ4n) is 2.31. The van der Waals surface area contributed by atoms with Gasteiger partial charge >= 0.3 is 0 Å². The highest BCUT2D eigenvalue weighted by Gasteiger charge is 2.29. The minimum Gasteiger partial charge on any atom is -0.309 e. The SMILES string of the molecule is C=CCN(CCC)S(=O)(=O)c1c(C)csc1CNC1CC1. The van der Waals surface area contributed by atoms with Gasteiger partial charge in [-0.25, -0.2) is 8.42 Å². The van der Waals surface area contributed by atoms with Crippen LogP contribution in [-0.4, -0.2) is 31.9 Å². The molecule has 0 atom stereocenters. The summed E-state index contributed by atoms with van der Waals surface area (Å²) in [6.07, 6.45) is 4.85. The molecule has 0 radical (unpaired) electrons. The summed E-state index contributed by atoms with van der Waals surface area (Å²) >= 11 is 1.53. The number of thiophene rings is 1. The molecule has 1 fully saturated rings. The van der Waals surface area contributed by atoms with Crippen molar-refractivity contribution in [2.24, 2.45) is 0 Å². The fraction of sp³-hybridized carbons (Fsp3) is 0.600. The Morgan fingerprint density at radius 2 is 2.24 bits per heavy atom. The van der Waals surface area contributed by atoms with Gasteiger partial charge in [0, 0.05) is 30.6 Å². The number of hydrogen-bond acceptors (Lipinski definition) is 4. The van der Waals surface area contributed by atoms with Gasteiger partial charge in [0.15, 0.2) is 0 Å². The zero-order chi connectivity index (χ0) is 15.5. The maximum atomic E-state index is 12.9. The molecule has 0 aromatic carbocycles. The second kappa shape index (κ2) is 7.05. The monoisotopic (exact) mass is 328 g/mol. The predicted molar refractivity (Wildman–Crippen MR) is 88.2 cm³/mol. The maximum absolute atomic E-state index is 12.9. The smallest absolute Gasteiger partial charge is 0.244 e. The summed E-state index contributed by atoms with van der Waals surface area (Å²) in [7, 11) is -3.44. The lowest BCUT2D eigenvalue weighted by Gasteiger charge is -2.21. The first kappa shape index (κ1) is 16.7. The molecule has 1 aliphatic rings. The van der Waals surface area contributed by atoms with E-state index in [2.05, 4.69) is 11.9 Å². The van der Waals surface area contributed by atoms with Gasteiger partial charge in [0.2, 0.25) is 10.0 Å². The van der Waals surface area contributed by atoms with Gasteiger partial charge in [-0.15, -0.1) is 17.9 Å². The largest absolute Gasteiger partial charge is 0.309 e. The van der Waals surface area contributed by atoms with E-state index in [-0.39, 0.29) is 0 Å². The molecule has 0 bridgehead atoms. The minimum absolute atomic E-state index is 0.362. The quantitative estimate of drug-likeness (QED) is 0.709. The summed E-state index contributed by atoms with van der Waals surface area (Å²) in [6.45, 7) is 9.07. The van der Waals surface area contributed by atoms with Gasteiger partial charge in [-0.3, -0.25) is 0 Å². The summed E-state index contributed by atoms with van der Waals surface area (Å²) in [6, 6.07) is 0.572. The maximum Gasteiger partial charge on any atom is 0.244 e. The first-order valence-electron chi connectivity index (χ1n) is 7.42. The van der Waals surface area contributed by atoms with E-state index in [1.54, 1.807) is 6.08 Å². The number of sulfonamides is 1. The molecule has 1 N–H and O–H groups in total. The second-order valence-corrected chi connectivity index (χ2v) is 8.32. The van der Waals surface area contributed by atoms with E-state index in [1.807, 2.05) is 19.2 Å². The molecule has 4 nitrogen and oxygen atoms in total. The van der Waals surface area contributed by atoms with Crippen molar-refractivity contribution in [1.82, 2.24) is 9.62 Å². The van der Waals surface area contributed by atoms with Crippen LogP contribution < -0.4 is 5.32 Å². The highest BCUT2D eigenvalue weighted by Crippen LogP contribution is 2.30. The van der Waals surface area contributed by atoms with E-state index in [9.17, 15) is 8.42 Å². The van der Waals surface area contributed by atoms with E-state index in [1.165, 1.54) is 28.5 Å². The Bertz CT molecular complexity index is 589. The molecule has 0 amide bonds. The zero-order valence-corrected chi connectivity index (χ0v) is 14.4. The van der Waals surface area contributed by atoms with Gasteiger partial charge in [-0.05, 0) is 37.1 Å². The molecule has 0 unspecified atom stereocenters. The molecule has 1 heterocycles. The van der Waals surface area contributed by atoms with Gasteiger partial charge < -0.3 is 5.32 Å². The normalized spacial score (nSPS) is 15.6. The number of aryl methyl sites for hydroxylation is 1. The number of hydrogen-bond donors (Lipinski definition) is 1. The van der Waals surface area contributed by atoms with E-state index < -0.39 is 10.0 Å². The van der Waals surface area contributed by atoms with Crippen LogP contribution in [0.5, 0.6) is 0 Å². The summed E-state index contributed by atoms with van der Waals surface area (Å²) in [4.78, 5) is 1.42. The second-order valence-electron chi connectivity index (χ2n) is 5.48. The topological polar surface area (TPSA) is 49.4 Å². The summed E-state index contributed by atoms with van der Waals surface area (Å²) in [5.41, 5.74) is 0.845. The van der Waals surface area contributed by atoms with Crippen LogP contribution >= 0.6 is 11.3 Å². The molecule has 118 valence electrons. The lowest BCUT2D eigenvalue weighted by atomic mass is 10.3. The third-order valence-corrected chi connectivity index (χ3v) is 6.85. The van der Waals surface area contributed by atoms with Crippen LogP contribution in [0.25, 0.3) is 0 Å². The Balaban J connectivity index is 2.27. The third kappa shape index (κ3) is 3.94. The molecule has 0 spiro atoms. The van der Waals surface area contributed by atoms with Crippen molar-refractivity contribution < 1.29 is 8.42 Å². The van der Waals surface area contributed by atoms with Gasteiger partial charge in [-0.2, -0.15) is 4.31 Å². The number of nitrogens with zero attached hydrogens (tertiary/aromatic N) is 1. The van der Waals surface area contributed by atoms with Crippen molar-refractivity contribution in [3.8, 4) is 0 Å². The molecule has 2 rings (SSSR count). The van der Waals surface area contributed by atoms with Gasteiger partial charge in [0.05, 0.1) is 0 Å². The van der Waals surface area contributed by atoms with Crippen LogP contribution in [0.1, 0.15) is 36.6 Å². The Morgan fingerprint density at radius 3 is 2.81 bits per heavy atom. The Hall–Kier alpha value is -0.690. The predicted octanol–water partition coefficient (Wildman–Crippen LogP) is 2.90. The van der Waals surface area contributed by atoms with Crippen LogP contribution in [-0.2, 0) is 16.6 Å². The van der Waals surface area contributed by atoms with Gasteiger partial charge in [0.25, 0.3) is 0 Å². The molecule has 6 heteroatoms. The van der Waals surface area contributed by atoms with Crippen molar-refractivity contribution in [2.45, 2.75) is 50.6 Å². The van der Waals surface area contributed by atoms with Crippen molar-refractivity contribution in [3.63, 3.8) is 0 Å². The van der Waals surface area contributed by atoms with E-state index >= 15 is 0 Å². The molecule has 1 aliphatic carbocycles. The molecule has 0 saturated heterocycles. The summed E-state index contributed by atoms with van der Waals surface area (Å²) in [5, 5.41) is 5.35. The highest BCUT2D eigenvalue weighted by atomic mass is 32.2. The van der Waals surface area contributed by atoms with Crippen LogP contribution in [0.3, 0.4) is 0 Å². The molecule has 1 saturated carbocycles. The van der Waals surface area contributed by atoms with Crippen LogP contribution in [0, 0.1) is 6.92 Å². The Kier molecular flexibility index (Phi) is 5.60. The number of rotatable bonds is 9. The molecular weight excluding hydrogens is 304 g/mol. The van der Waals surface area contributed by atoms with Crippen molar-refractivity contribution in [1.29, 1.82) is 0 Å². The van der Waals surface area contributed by atoms with Crippen LogP contribution in [0.15, 0.2) is 22.9 Å². The Morgan fingerprint density at radius 1 is 1.52 bits per heavy atom. The van der Waals surface area contributed by atoms with Gasteiger partial charge in [0.1, 0.15) is 4.90 Å². The van der Waals surface area contributed by atoms with Crippen molar-refractivity contribution >= 4 is 21.4 Å².